The van der Waals surface area contributed by atoms with Crippen molar-refractivity contribution in [3.05, 3.63) is 65.7 Å². The van der Waals surface area contributed by atoms with Gasteiger partial charge in [0.25, 0.3) is 10.0 Å². The molecule has 120 valence electrons. The Morgan fingerprint density at radius 1 is 1.08 bits per heavy atom. The summed E-state index contributed by atoms with van der Waals surface area (Å²) in [5.41, 5.74) is 1.65. The van der Waals surface area contributed by atoms with E-state index in [0.717, 1.165) is 17.0 Å². The molecule has 1 aromatic carbocycles. The summed E-state index contributed by atoms with van der Waals surface area (Å²) >= 11 is 1.15. The van der Waals surface area contributed by atoms with Gasteiger partial charge in [-0.3, -0.25) is 4.72 Å². The average Bonchev–Trinajstić information content (AvgIpc) is 3.12. The summed E-state index contributed by atoms with van der Waals surface area (Å²) in [5, 5.41) is 13.7. The second kappa shape index (κ2) is 6.70. The lowest BCUT2D eigenvalue weighted by atomic mass is 10.2. The molecule has 8 heteroatoms. The minimum Gasteiger partial charge on any atom is -0.340 e. The Bertz CT molecular complexity index is 976. The smallest absolute Gasteiger partial charge is 0.271 e. The number of aromatic nitrogens is 1. The third-order valence-electron chi connectivity index (χ3n) is 3.04. The molecule has 2 aromatic heterocycles. The van der Waals surface area contributed by atoms with Crippen LogP contribution in [0.2, 0.25) is 0 Å². The van der Waals surface area contributed by atoms with Gasteiger partial charge in [0.2, 0.25) is 0 Å². The average molecular weight is 356 g/mol. The minimum absolute atomic E-state index is 0.248. The monoisotopic (exact) mass is 356 g/mol. The van der Waals surface area contributed by atoms with Crippen LogP contribution in [0.25, 0.3) is 0 Å². The zero-order valence-electron chi connectivity index (χ0n) is 12.3. The summed E-state index contributed by atoms with van der Waals surface area (Å²) in [5.74, 6) is 0.546. The maximum Gasteiger partial charge on any atom is 0.271 e. The van der Waals surface area contributed by atoms with Crippen LogP contribution in [0.15, 0.2) is 64.3 Å². The highest BCUT2D eigenvalue weighted by Crippen LogP contribution is 2.21. The van der Waals surface area contributed by atoms with Gasteiger partial charge in [0.1, 0.15) is 10.0 Å². The Balaban J connectivity index is 1.73. The molecular formula is C16H12N4O2S2. The summed E-state index contributed by atoms with van der Waals surface area (Å²) < 4.78 is 27.0. The van der Waals surface area contributed by atoms with Crippen LogP contribution in [0.1, 0.15) is 5.56 Å². The quantitative estimate of drug-likeness (QED) is 0.729. The molecule has 2 heterocycles. The summed E-state index contributed by atoms with van der Waals surface area (Å²) in [7, 11) is -3.58. The van der Waals surface area contributed by atoms with Crippen LogP contribution in [0.4, 0.5) is 17.2 Å². The van der Waals surface area contributed by atoms with E-state index in [1.54, 1.807) is 47.8 Å². The maximum absolute atomic E-state index is 12.1. The van der Waals surface area contributed by atoms with Crippen molar-refractivity contribution >= 4 is 38.6 Å². The molecule has 0 spiro atoms. The van der Waals surface area contributed by atoms with Crippen molar-refractivity contribution in [3.63, 3.8) is 0 Å². The number of anilines is 3. The molecule has 0 bridgehead atoms. The molecule has 0 amide bonds. The number of nitrogens with zero attached hydrogens (tertiary/aromatic N) is 2. The molecule has 0 radical (unpaired) electrons. The molecule has 0 fully saturated rings. The van der Waals surface area contributed by atoms with Gasteiger partial charge in [0.15, 0.2) is 0 Å². The van der Waals surface area contributed by atoms with E-state index in [9.17, 15) is 8.42 Å². The number of thiophene rings is 1. The van der Waals surface area contributed by atoms with Crippen molar-refractivity contribution in [2.45, 2.75) is 4.21 Å². The number of sulfonamides is 1. The lowest BCUT2D eigenvalue weighted by Crippen LogP contribution is -2.11. The third kappa shape index (κ3) is 3.71. The fraction of sp³-hybridized carbons (Fsp3) is 0. The fourth-order valence-electron chi connectivity index (χ4n) is 1.96. The predicted molar refractivity (Wildman–Crippen MR) is 93.8 cm³/mol. The molecule has 24 heavy (non-hydrogen) atoms. The standard InChI is InChI=1S/C16H12N4O2S2/c17-10-12-3-1-4-13(9-12)19-15-7-6-14(11-18-15)20-24(21,22)16-5-2-8-23-16/h1-9,11,20H,(H,18,19). The van der Waals surface area contributed by atoms with E-state index in [2.05, 4.69) is 21.1 Å². The van der Waals surface area contributed by atoms with Crippen LogP contribution in [0.5, 0.6) is 0 Å². The van der Waals surface area contributed by atoms with Gasteiger partial charge in [-0.15, -0.1) is 11.3 Å². The molecule has 3 rings (SSSR count). The van der Waals surface area contributed by atoms with Gasteiger partial charge in [-0.2, -0.15) is 5.26 Å². The lowest BCUT2D eigenvalue weighted by Gasteiger charge is -2.08. The predicted octanol–water partition coefficient (Wildman–Crippen LogP) is 3.56. The molecule has 0 aliphatic rings. The first-order valence-corrected chi connectivity index (χ1v) is 9.23. The number of nitrogens with one attached hydrogen (secondary N) is 2. The van der Waals surface area contributed by atoms with Crippen molar-refractivity contribution in [2.24, 2.45) is 0 Å². The summed E-state index contributed by atoms with van der Waals surface area (Å²) in [4.78, 5) is 4.18. The number of rotatable bonds is 5. The first kappa shape index (κ1) is 16.0. The lowest BCUT2D eigenvalue weighted by molar-refractivity contribution is 0.603. The van der Waals surface area contributed by atoms with Crippen LogP contribution in [0, 0.1) is 11.3 Å². The van der Waals surface area contributed by atoms with Crippen molar-refractivity contribution in [1.29, 1.82) is 5.26 Å². The zero-order chi connectivity index (χ0) is 17.0. The molecule has 3 aromatic rings. The molecule has 0 saturated heterocycles. The number of nitriles is 1. The Hall–Kier alpha value is -2.89. The van der Waals surface area contributed by atoms with Crippen molar-refractivity contribution < 1.29 is 8.42 Å². The second-order valence-electron chi connectivity index (χ2n) is 4.79. The first-order chi connectivity index (χ1) is 11.6. The summed E-state index contributed by atoms with van der Waals surface area (Å²) in [6, 6.07) is 15.6. The van der Waals surface area contributed by atoms with Crippen LogP contribution in [0.3, 0.4) is 0 Å². The number of hydrogen-bond acceptors (Lipinski definition) is 6. The van der Waals surface area contributed by atoms with Gasteiger partial charge < -0.3 is 5.32 Å². The van der Waals surface area contributed by atoms with E-state index in [1.807, 2.05) is 6.07 Å². The van der Waals surface area contributed by atoms with Gasteiger partial charge in [0.05, 0.1) is 23.5 Å². The van der Waals surface area contributed by atoms with E-state index in [4.69, 9.17) is 5.26 Å². The molecular weight excluding hydrogens is 344 g/mol. The molecule has 0 unspecified atom stereocenters. The maximum atomic E-state index is 12.1. The highest BCUT2D eigenvalue weighted by Gasteiger charge is 2.15. The van der Waals surface area contributed by atoms with Crippen molar-refractivity contribution in [3.8, 4) is 6.07 Å². The Morgan fingerprint density at radius 3 is 2.62 bits per heavy atom. The van der Waals surface area contributed by atoms with E-state index in [1.165, 1.54) is 6.20 Å². The molecule has 0 aliphatic carbocycles. The van der Waals surface area contributed by atoms with E-state index >= 15 is 0 Å². The summed E-state index contributed by atoms with van der Waals surface area (Å²) in [6.07, 6.45) is 1.43. The number of hydrogen-bond donors (Lipinski definition) is 2. The second-order valence-corrected chi connectivity index (χ2v) is 7.64. The van der Waals surface area contributed by atoms with Crippen LogP contribution in [-0.2, 0) is 10.0 Å². The van der Waals surface area contributed by atoms with Gasteiger partial charge in [-0.1, -0.05) is 12.1 Å². The van der Waals surface area contributed by atoms with E-state index in [0.29, 0.717) is 17.1 Å². The van der Waals surface area contributed by atoms with E-state index < -0.39 is 10.0 Å². The Kier molecular flexibility index (Phi) is 4.46. The van der Waals surface area contributed by atoms with Gasteiger partial charge in [-0.05, 0) is 41.8 Å². The highest BCUT2D eigenvalue weighted by molar-refractivity contribution is 7.94. The minimum atomic E-state index is -3.58. The first-order valence-electron chi connectivity index (χ1n) is 6.86. The van der Waals surface area contributed by atoms with Crippen LogP contribution < -0.4 is 10.0 Å². The van der Waals surface area contributed by atoms with Gasteiger partial charge in [0, 0.05) is 5.69 Å². The highest BCUT2D eigenvalue weighted by atomic mass is 32.2. The fourth-order valence-corrected chi connectivity index (χ4v) is 4.00. The van der Waals surface area contributed by atoms with Crippen molar-refractivity contribution in [2.75, 3.05) is 10.0 Å². The molecule has 0 aliphatic heterocycles. The Morgan fingerprint density at radius 2 is 1.96 bits per heavy atom. The van der Waals surface area contributed by atoms with Gasteiger partial charge >= 0.3 is 0 Å². The topological polar surface area (TPSA) is 94.9 Å². The Labute approximate surface area is 143 Å². The normalized spacial score (nSPS) is 10.8. The summed E-state index contributed by atoms with van der Waals surface area (Å²) in [6.45, 7) is 0. The van der Waals surface area contributed by atoms with Gasteiger partial charge in [-0.25, -0.2) is 13.4 Å². The molecule has 6 nitrogen and oxygen atoms in total. The SMILES string of the molecule is N#Cc1cccc(Nc2ccc(NS(=O)(=O)c3cccs3)cn2)c1. The van der Waals surface area contributed by atoms with Crippen LogP contribution in [-0.4, -0.2) is 13.4 Å². The molecule has 0 saturated carbocycles. The van der Waals surface area contributed by atoms with Crippen molar-refractivity contribution in [1.82, 2.24) is 4.98 Å². The largest absolute Gasteiger partial charge is 0.340 e. The zero-order valence-corrected chi connectivity index (χ0v) is 13.9. The number of benzene rings is 1. The molecule has 2 N–H and O–H groups in total. The number of pyridine rings is 1. The molecule has 0 atom stereocenters. The third-order valence-corrected chi connectivity index (χ3v) is 5.82. The van der Waals surface area contributed by atoms with Crippen LogP contribution >= 0.6 is 11.3 Å². The van der Waals surface area contributed by atoms with E-state index in [-0.39, 0.29) is 4.21 Å².